The quantitative estimate of drug-likeness (QED) is 0.776. The fraction of sp³-hybridized carbons (Fsp3) is 0.462. The molecule has 102 valence electrons. The molecule has 0 bridgehead atoms. The summed E-state index contributed by atoms with van der Waals surface area (Å²) in [6.45, 7) is 4.74. The summed E-state index contributed by atoms with van der Waals surface area (Å²) in [5, 5.41) is 10.2. The number of ether oxygens (including phenoxy) is 1. The van der Waals surface area contributed by atoms with Gasteiger partial charge in [-0.2, -0.15) is 10.1 Å². The molecule has 0 fully saturated rings. The zero-order valence-electron chi connectivity index (χ0n) is 11.5. The van der Waals surface area contributed by atoms with Crippen molar-refractivity contribution in [2.45, 2.75) is 26.7 Å². The first-order valence-electron chi connectivity index (χ1n) is 6.31. The van der Waals surface area contributed by atoms with Gasteiger partial charge in [0.25, 0.3) is 0 Å². The molecule has 19 heavy (non-hydrogen) atoms. The van der Waals surface area contributed by atoms with Crippen molar-refractivity contribution in [2.75, 3.05) is 19.0 Å². The lowest BCUT2D eigenvalue weighted by Crippen LogP contribution is -2.06. The molecular weight excluding hydrogens is 242 g/mol. The summed E-state index contributed by atoms with van der Waals surface area (Å²) in [7, 11) is 1.60. The van der Waals surface area contributed by atoms with Crippen LogP contribution in [-0.2, 0) is 6.42 Å². The molecule has 0 aromatic carbocycles. The first-order valence-corrected chi connectivity index (χ1v) is 6.31. The Morgan fingerprint density at radius 3 is 2.84 bits per heavy atom. The van der Waals surface area contributed by atoms with Crippen molar-refractivity contribution in [3.05, 3.63) is 29.3 Å². The smallest absolute Gasteiger partial charge is 0.218 e. The molecule has 0 atom stereocenters. The van der Waals surface area contributed by atoms with E-state index in [0.29, 0.717) is 11.7 Å². The molecule has 6 heteroatoms. The van der Waals surface area contributed by atoms with Gasteiger partial charge < -0.3 is 10.1 Å². The predicted molar refractivity (Wildman–Crippen MR) is 73.5 cm³/mol. The second-order valence-corrected chi connectivity index (χ2v) is 4.39. The fourth-order valence-electron chi connectivity index (χ4n) is 1.86. The molecule has 0 amide bonds. The first-order chi connectivity index (χ1) is 9.19. The minimum Gasteiger partial charge on any atom is -0.481 e. The van der Waals surface area contributed by atoms with Crippen molar-refractivity contribution >= 4 is 5.82 Å². The normalized spacial score (nSPS) is 10.5. The summed E-state index contributed by atoms with van der Waals surface area (Å²) in [5.74, 6) is 2.08. The Labute approximate surface area is 112 Å². The summed E-state index contributed by atoms with van der Waals surface area (Å²) in [6, 6.07) is 1.80. The molecular formula is C13H19N5O. The lowest BCUT2D eigenvalue weighted by atomic mass is 10.1. The van der Waals surface area contributed by atoms with Gasteiger partial charge in [-0.25, -0.2) is 4.98 Å². The Balaban J connectivity index is 1.82. The topological polar surface area (TPSA) is 75.7 Å². The van der Waals surface area contributed by atoms with E-state index in [1.165, 1.54) is 5.56 Å². The molecule has 2 aromatic heterocycles. The molecule has 0 aliphatic rings. The zero-order valence-corrected chi connectivity index (χ0v) is 11.5. The summed E-state index contributed by atoms with van der Waals surface area (Å²) in [5.41, 5.74) is 2.40. The van der Waals surface area contributed by atoms with E-state index in [0.717, 1.165) is 30.9 Å². The third-order valence-electron chi connectivity index (χ3n) is 2.89. The minimum atomic E-state index is 0.584. The van der Waals surface area contributed by atoms with Gasteiger partial charge in [0.1, 0.15) is 11.6 Å². The van der Waals surface area contributed by atoms with Crippen LogP contribution in [0.3, 0.4) is 0 Å². The van der Waals surface area contributed by atoms with E-state index in [9.17, 15) is 0 Å². The standard InChI is InChI=1S/C13H19N5O/c1-9-11(8-15-18-9)5-4-6-14-12-7-13(19-3)17-10(2)16-12/h7-8H,4-6H2,1-3H3,(H,15,18)(H,14,16,17). The van der Waals surface area contributed by atoms with E-state index in [1.807, 2.05) is 20.0 Å². The lowest BCUT2D eigenvalue weighted by molar-refractivity contribution is 0.396. The largest absolute Gasteiger partial charge is 0.481 e. The predicted octanol–water partition coefficient (Wildman–Crippen LogP) is 1.87. The SMILES string of the molecule is COc1cc(NCCCc2cn[nH]c2C)nc(C)n1. The van der Waals surface area contributed by atoms with Crippen molar-refractivity contribution < 1.29 is 4.74 Å². The molecule has 0 aliphatic carbocycles. The highest BCUT2D eigenvalue weighted by Gasteiger charge is 2.02. The number of hydrogen-bond donors (Lipinski definition) is 2. The number of H-pyrrole nitrogens is 1. The molecule has 6 nitrogen and oxygen atoms in total. The van der Waals surface area contributed by atoms with E-state index in [2.05, 4.69) is 25.5 Å². The van der Waals surface area contributed by atoms with Gasteiger partial charge in [0.2, 0.25) is 5.88 Å². The van der Waals surface area contributed by atoms with Crippen LogP contribution in [0.1, 0.15) is 23.5 Å². The monoisotopic (exact) mass is 261 g/mol. The van der Waals surface area contributed by atoms with Crippen LogP contribution in [0, 0.1) is 13.8 Å². The average molecular weight is 261 g/mol. The van der Waals surface area contributed by atoms with Gasteiger partial charge >= 0.3 is 0 Å². The van der Waals surface area contributed by atoms with E-state index in [-0.39, 0.29) is 0 Å². The summed E-state index contributed by atoms with van der Waals surface area (Å²) < 4.78 is 5.11. The Bertz CT molecular complexity index is 538. The average Bonchev–Trinajstić information content (AvgIpc) is 2.80. The number of rotatable bonds is 6. The number of hydrogen-bond acceptors (Lipinski definition) is 5. The maximum absolute atomic E-state index is 5.11. The summed E-state index contributed by atoms with van der Waals surface area (Å²) in [4.78, 5) is 8.46. The highest BCUT2D eigenvalue weighted by atomic mass is 16.5. The van der Waals surface area contributed by atoms with Crippen LogP contribution in [0.5, 0.6) is 5.88 Å². The van der Waals surface area contributed by atoms with Gasteiger partial charge in [0.05, 0.1) is 13.3 Å². The van der Waals surface area contributed by atoms with E-state index in [1.54, 1.807) is 13.2 Å². The van der Waals surface area contributed by atoms with Gasteiger partial charge in [0, 0.05) is 18.3 Å². The summed E-state index contributed by atoms with van der Waals surface area (Å²) in [6.07, 6.45) is 3.90. The van der Waals surface area contributed by atoms with Crippen LogP contribution in [0.15, 0.2) is 12.3 Å². The van der Waals surface area contributed by atoms with Gasteiger partial charge in [-0.3, -0.25) is 5.10 Å². The highest BCUT2D eigenvalue weighted by molar-refractivity contribution is 5.38. The van der Waals surface area contributed by atoms with Crippen LogP contribution in [0.2, 0.25) is 0 Å². The van der Waals surface area contributed by atoms with Gasteiger partial charge in [-0.05, 0) is 32.3 Å². The van der Waals surface area contributed by atoms with Crippen molar-refractivity contribution in [3.63, 3.8) is 0 Å². The van der Waals surface area contributed by atoms with Crippen LogP contribution in [0.25, 0.3) is 0 Å². The van der Waals surface area contributed by atoms with E-state index < -0.39 is 0 Å². The van der Waals surface area contributed by atoms with Crippen molar-refractivity contribution in [1.29, 1.82) is 0 Å². The van der Waals surface area contributed by atoms with Crippen molar-refractivity contribution in [1.82, 2.24) is 20.2 Å². The molecule has 0 saturated heterocycles. The number of aromatic amines is 1. The Hall–Kier alpha value is -2.11. The molecule has 0 spiro atoms. The van der Waals surface area contributed by atoms with Gasteiger partial charge in [0.15, 0.2) is 0 Å². The molecule has 2 rings (SSSR count). The molecule has 0 saturated carbocycles. The second kappa shape index (κ2) is 6.17. The molecule has 0 aliphatic heterocycles. The van der Waals surface area contributed by atoms with Gasteiger partial charge in [-0.1, -0.05) is 0 Å². The molecule has 2 aromatic rings. The highest BCUT2D eigenvalue weighted by Crippen LogP contribution is 2.13. The zero-order chi connectivity index (χ0) is 13.7. The van der Waals surface area contributed by atoms with Gasteiger partial charge in [-0.15, -0.1) is 0 Å². The Morgan fingerprint density at radius 1 is 1.32 bits per heavy atom. The molecule has 2 heterocycles. The first kappa shape index (κ1) is 13.3. The van der Waals surface area contributed by atoms with Crippen molar-refractivity contribution in [3.8, 4) is 5.88 Å². The number of nitrogens with one attached hydrogen (secondary N) is 2. The maximum atomic E-state index is 5.11. The molecule has 0 unspecified atom stereocenters. The maximum Gasteiger partial charge on any atom is 0.218 e. The van der Waals surface area contributed by atoms with Crippen LogP contribution in [-0.4, -0.2) is 33.8 Å². The summed E-state index contributed by atoms with van der Waals surface area (Å²) >= 11 is 0. The number of nitrogens with zero attached hydrogens (tertiary/aromatic N) is 3. The number of methoxy groups -OCH3 is 1. The molecule has 2 N–H and O–H groups in total. The van der Waals surface area contributed by atoms with Crippen LogP contribution in [0.4, 0.5) is 5.82 Å². The Kier molecular flexibility index (Phi) is 4.33. The van der Waals surface area contributed by atoms with Crippen molar-refractivity contribution in [2.24, 2.45) is 0 Å². The Morgan fingerprint density at radius 2 is 2.16 bits per heavy atom. The third-order valence-corrected chi connectivity index (χ3v) is 2.89. The van der Waals surface area contributed by atoms with Crippen LogP contribution < -0.4 is 10.1 Å². The van der Waals surface area contributed by atoms with E-state index in [4.69, 9.17) is 4.74 Å². The molecule has 0 radical (unpaired) electrons. The number of aryl methyl sites for hydroxylation is 3. The minimum absolute atomic E-state index is 0.584. The van der Waals surface area contributed by atoms with E-state index >= 15 is 0 Å². The lowest BCUT2D eigenvalue weighted by Gasteiger charge is -2.07. The third kappa shape index (κ3) is 3.67. The fourth-order valence-corrected chi connectivity index (χ4v) is 1.86. The number of aromatic nitrogens is 4. The van der Waals surface area contributed by atoms with Crippen LogP contribution >= 0.6 is 0 Å². The number of anilines is 1. The second-order valence-electron chi connectivity index (χ2n) is 4.39.